The van der Waals surface area contributed by atoms with Gasteiger partial charge in [0.25, 0.3) is 0 Å². The van der Waals surface area contributed by atoms with E-state index in [0.717, 1.165) is 49.4 Å². The van der Waals surface area contributed by atoms with Gasteiger partial charge in [0.1, 0.15) is 0 Å². The third-order valence-electron chi connectivity index (χ3n) is 10.3. The van der Waals surface area contributed by atoms with Crippen molar-refractivity contribution in [1.29, 1.82) is 0 Å². The third-order valence-corrected chi connectivity index (χ3v) is 10.3. The van der Waals surface area contributed by atoms with Crippen molar-refractivity contribution < 1.29 is 15.3 Å². The van der Waals surface area contributed by atoms with Crippen molar-refractivity contribution in [2.24, 2.45) is 40.4 Å². The summed E-state index contributed by atoms with van der Waals surface area (Å²) in [6.45, 7) is 7.62. The molecule has 4 rings (SSSR count). The molecule has 9 atom stereocenters. The molecule has 3 saturated carbocycles. The summed E-state index contributed by atoms with van der Waals surface area (Å²) >= 11 is 0. The highest BCUT2D eigenvalue weighted by Gasteiger charge is 2.59. The second-order valence-corrected chi connectivity index (χ2v) is 11.6. The van der Waals surface area contributed by atoms with Crippen molar-refractivity contribution in [2.45, 2.75) is 104 Å². The first-order chi connectivity index (χ1) is 13.8. The Morgan fingerprint density at radius 1 is 1.03 bits per heavy atom. The maximum atomic E-state index is 10.2. The molecule has 3 fully saturated rings. The maximum absolute atomic E-state index is 10.2. The first-order valence-corrected chi connectivity index (χ1v) is 12.5. The molecular weight excluding hydrogens is 360 g/mol. The summed E-state index contributed by atoms with van der Waals surface area (Å²) in [6.07, 6.45) is 14.3. The zero-order chi connectivity index (χ0) is 20.8. The van der Waals surface area contributed by atoms with Gasteiger partial charge in [-0.05, 0) is 111 Å². The van der Waals surface area contributed by atoms with Gasteiger partial charge in [-0.3, -0.25) is 0 Å². The molecule has 0 aliphatic heterocycles. The van der Waals surface area contributed by atoms with Gasteiger partial charge in [0.15, 0.2) is 0 Å². The van der Waals surface area contributed by atoms with Gasteiger partial charge in [-0.2, -0.15) is 0 Å². The van der Waals surface area contributed by atoms with Gasteiger partial charge < -0.3 is 15.3 Å². The van der Waals surface area contributed by atoms with Crippen LogP contribution in [0.25, 0.3) is 0 Å². The minimum absolute atomic E-state index is 0.0904. The molecule has 0 amide bonds. The van der Waals surface area contributed by atoms with Gasteiger partial charge in [0, 0.05) is 6.61 Å². The predicted octanol–water partition coefficient (Wildman–Crippen LogP) is 5.09. The average Bonchev–Trinajstić information content (AvgIpc) is 3.04. The van der Waals surface area contributed by atoms with E-state index in [-0.39, 0.29) is 18.8 Å². The first kappa shape index (κ1) is 21.8. The fraction of sp³-hybridized carbons (Fsp3) is 0.923. The van der Waals surface area contributed by atoms with Crippen molar-refractivity contribution in [3.63, 3.8) is 0 Å². The number of hydrogen-bond donors (Lipinski definition) is 3. The maximum Gasteiger partial charge on any atom is 0.0577 e. The second-order valence-electron chi connectivity index (χ2n) is 11.6. The molecule has 0 aromatic heterocycles. The lowest BCUT2D eigenvalue weighted by Crippen LogP contribution is -2.50. The summed E-state index contributed by atoms with van der Waals surface area (Å²) in [7, 11) is 0. The topological polar surface area (TPSA) is 60.7 Å². The number of aliphatic hydroxyl groups is 3. The smallest absolute Gasteiger partial charge is 0.0577 e. The molecule has 4 aliphatic carbocycles. The second kappa shape index (κ2) is 8.28. The number of rotatable bonds is 6. The number of hydrogen-bond acceptors (Lipinski definition) is 3. The Bertz CT molecular complexity index is 615. The van der Waals surface area contributed by atoms with E-state index >= 15 is 0 Å². The highest BCUT2D eigenvalue weighted by Crippen LogP contribution is 2.67. The largest absolute Gasteiger partial charge is 0.396 e. The monoisotopic (exact) mass is 404 g/mol. The van der Waals surface area contributed by atoms with Crippen molar-refractivity contribution in [1.82, 2.24) is 0 Å². The standard InChI is InChI=1S/C26H44O3/c1-17(4-6-19(28)12-15-27)22-8-9-23-21-7-5-18-16-20(29)10-13-25(18,2)24(21)11-14-26(22,23)3/h5,17,19-24,27-29H,4,6-16H2,1-3H3/t17-,19?,20+,21?,22?,23?,24?,25?,26?/m1/s1. The van der Waals surface area contributed by atoms with Crippen molar-refractivity contribution in [2.75, 3.05) is 6.61 Å². The lowest BCUT2D eigenvalue weighted by atomic mass is 9.47. The zero-order valence-electron chi connectivity index (χ0n) is 18.9. The van der Waals surface area contributed by atoms with Crippen LogP contribution in [-0.4, -0.2) is 34.1 Å². The molecule has 7 unspecified atom stereocenters. The molecule has 166 valence electrons. The lowest BCUT2D eigenvalue weighted by molar-refractivity contribution is -0.0578. The SMILES string of the molecule is C[C@H](CCC(O)CCO)C1CCC2C3CC=C4C[C@@H](O)CCC4(C)C3CCC21C. The summed E-state index contributed by atoms with van der Waals surface area (Å²) < 4.78 is 0. The van der Waals surface area contributed by atoms with Gasteiger partial charge in [0.2, 0.25) is 0 Å². The zero-order valence-corrected chi connectivity index (χ0v) is 18.9. The molecule has 4 aliphatic rings. The fourth-order valence-electron chi connectivity index (χ4n) is 8.57. The van der Waals surface area contributed by atoms with Crippen LogP contribution in [0.15, 0.2) is 11.6 Å². The Labute approximate surface area is 178 Å². The summed E-state index contributed by atoms with van der Waals surface area (Å²) in [5.74, 6) is 3.92. The Balaban J connectivity index is 1.47. The van der Waals surface area contributed by atoms with Gasteiger partial charge in [0.05, 0.1) is 12.2 Å². The predicted molar refractivity (Wildman–Crippen MR) is 117 cm³/mol. The Hall–Kier alpha value is -0.380. The molecule has 0 aromatic rings. The van der Waals surface area contributed by atoms with E-state index in [1.165, 1.54) is 38.5 Å². The number of aliphatic hydroxyl groups excluding tert-OH is 3. The van der Waals surface area contributed by atoms with E-state index in [2.05, 4.69) is 26.8 Å². The highest BCUT2D eigenvalue weighted by molar-refractivity contribution is 5.25. The molecule has 0 spiro atoms. The fourth-order valence-corrected chi connectivity index (χ4v) is 8.57. The van der Waals surface area contributed by atoms with Crippen LogP contribution in [0.2, 0.25) is 0 Å². The molecule has 3 heteroatoms. The molecule has 0 heterocycles. The van der Waals surface area contributed by atoms with E-state index in [1.54, 1.807) is 5.57 Å². The Morgan fingerprint density at radius 2 is 1.83 bits per heavy atom. The van der Waals surface area contributed by atoms with Gasteiger partial charge in [-0.15, -0.1) is 0 Å². The van der Waals surface area contributed by atoms with Gasteiger partial charge >= 0.3 is 0 Å². The molecule has 0 saturated heterocycles. The molecule has 3 nitrogen and oxygen atoms in total. The van der Waals surface area contributed by atoms with Crippen LogP contribution in [-0.2, 0) is 0 Å². The molecule has 29 heavy (non-hydrogen) atoms. The quantitative estimate of drug-likeness (QED) is 0.541. The summed E-state index contributed by atoms with van der Waals surface area (Å²) in [5.41, 5.74) is 2.36. The van der Waals surface area contributed by atoms with Crippen molar-refractivity contribution >= 4 is 0 Å². The van der Waals surface area contributed by atoms with E-state index in [1.807, 2.05) is 0 Å². The van der Waals surface area contributed by atoms with E-state index < -0.39 is 0 Å². The third kappa shape index (κ3) is 3.74. The van der Waals surface area contributed by atoms with Crippen LogP contribution in [0.5, 0.6) is 0 Å². The lowest BCUT2D eigenvalue weighted by Gasteiger charge is -2.58. The van der Waals surface area contributed by atoms with Crippen LogP contribution < -0.4 is 0 Å². The van der Waals surface area contributed by atoms with E-state index in [9.17, 15) is 10.2 Å². The molecule has 3 N–H and O–H groups in total. The van der Waals surface area contributed by atoms with Gasteiger partial charge in [-0.1, -0.05) is 32.4 Å². The summed E-state index contributed by atoms with van der Waals surface area (Å²) in [4.78, 5) is 0. The molecule has 0 bridgehead atoms. The molecular formula is C26H44O3. The Kier molecular flexibility index (Phi) is 6.23. The van der Waals surface area contributed by atoms with E-state index in [4.69, 9.17) is 5.11 Å². The van der Waals surface area contributed by atoms with Crippen molar-refractivity contribution in [3.05, 3.63) is 11.6 Å². The van der Waals surface area contributed by atoms with Crippen LogP contribution in [0.4, 0.5) is 0 Å². The molecule has 0 radical (unpaired) electrons. The van der Waals surface area contributed by atoms with E-state index in [0.29, 0.717) is 23.2 Å². The minimum atomic E-state index is -0.341. The highest BCUT2D eigenvalue weighted by atomic mass is 16.3. The number of fused-ring (bicyclic) bond motifs is 5. The Morgan fingerprint density at radius 3 is 2.59 bits per heavy atom. The van der Waals surface area contributed by atoms with Crippen LogP contribution in [0.1, 0.15) is 91.4 Å². The number of allylic oxidation sites excluding steroid dienone is 1. The average molecular weight is 405 g/mol. The summed E-state index contributed by atoms with van der Waals surface area (Å²) in [5, 5.41) is 29.3. The van der Waals surface area contributed by atoms with Gasteiger partial charge in [-0.25, -0.2) is 0 Å². The molecule has 0 aromatic carbocycles. The first-order valence-electron chi connectivity index (χ1n) is 12.5. The van der Waals surface area contributed by atoms with Crippen LogP contribution >= 0.6 is 0 Å². The van der Waals surface area contributed by atoms with Crippen LogP contribution in [0.3, 0.4) is 0 Å². The summed E-state index contributed by atoms with van der Waals surface area (Å²) in [6, 6.07) is 0. The van der Waals surface area contributed by atoms with Crippen molar-refractivity contribution in [3.8, 4) is 0 Å². The normalized spacial score (nSPS) is 46.3. The minimum Gasteiger partial charge on any atom is -0.396 e. The van der Waals surface area contributed by atoms with Crippen LogP contribution in [0, 0.1) is 40.4 Å².